The third kappa shape index (κ3) is 2.98. The molecule has 3 rings (SSSR count). The number of benzene rings is 1. The van der Waals surface area contributed by atoms with Crippen LogP contribution in [0, 0.1) is 0 Å². The van der Waals surface area contributed by atoms with Crippen molar-refractivity contribution in [3.8, 4) is 0 Å². The topological polar surface area (TPSA) is 29.3 Å². The molecule has 2 N–H and O–H groups in total. The maximum atomic E-state index is 6.05. The molecule has 20 heavy (non-hydrogen) atoms. The van der Waals surface area contributed by atoms with Crippen LogP contribution in [0.5, 0.6) is 0 Å². The van der Waals surface area contributed by atoms with Crippen molar-refractivity contribution in [2.45, 2.75) is 18.9 Å². The van der Waals surface area contributed by atoms with Gasteiger partial charge in [0, 0.05) is 34.4 Å². The summed E-state index contributed by atoms with van der Waals surface area (Å²) in [5.41, 5.74) is 9.05. The van der Waals surface area contributed by atoms with E-state index in [1.54, 1.807) is 11.3 Å². The lowest BCUT2D eigenvalue weighted by Crippen LogP contribution is -2.35. The molecule has 0 spiro atoms. The summed E-state index contributed by atoms with van der Waals surface area (Å²) >= 11 is 5.34. The summed E-state index contributed by atoms with van der Waals surface area (Å²) in [5.74, 6) is 0. The van der Waals surface area contributed by atoms with Crippen LogP contribution in [0.2, 0.25) is 0 Å². The molecule has 1 aromatic heterocycles. The summed E-state index contributed by atoms with van der Waals surface area (Å²) in [6.45, 7) is 2.87. The van der Waals surface area contributed by atoms with E-state index in [9.17, 15) is 0 Å². The highest BCUT2D eigenvalue weighted by atomic mass is 79.9. The molecule has 106 valence electrons. The maximum absolute atomic E-state index is 6.05. The van der Waals surface area contributed by atoms with E-state index in [0.717, 1.165) is 30.4 Å². The molecule has 0 bridgehead atoms. The third-order valence-corrected chi connectivity index (χ3v) is 5.83. The SMILES string of the molecule is NCC(c1cc(Br)cs1)N1CCc2ccccc2CC1. The summed E-state index contributed by atoms with van der Waals surface area (Å²) in [6, 6.07) is 11.4. The molecular weight excluding hydrogens is 332 g/mol. The van der Waals surface area contributed by atoms with E-state index in [1.165, 1.54) is 16.0 Å². The molecular formula is C16H19BrN2S. The largest absolute Gasteiger partial charge is 0.329 e. The average Bonchev–Trinajstić information content (AvgIpc) is 2.77. The molecule has 2 nitrogen and oxygen atoms in total. The molecule has 1 unspecified atom stereocenters. The van der Waals surface area contributed by atoms with Crippen molar-refractivity contribution in [2.24, 2.45) is 5.73 Å². The Morgan fingerprint density at radius 3 is 2.35 bits per heavy atom. The fraction of sp³-hybridized carbons (Fsp3) is 0.375. The van der Waals surface area contributed by atoms with Crippen molar-refractivity contribution < 1.29 is 0 Å². The van der Waals surface area contributed by atoms with Crippen LogP contribution in [0.3, 0.4) is 0 Å². The van der Waals surface area contributed by atoms with Crippen molar-refractivity contribution in [3.63, 3.8) is 0 Å². The monoisotopic (exact) mass is 350 g/mol. The zero-order valence-corrected chi connectivity index (χ0v) is 13.8. The van der Waals surface area contributed by atoms with E-state index >= 15 is 0 Å². The summed E-state index contributed by atoms with van der Waals surface area (Å²) in [4.78, 5) is 3.91. The van der Waals surface area contributed by atoms with E-state index in [-0.39, 0.29) is 0 Å². The van der Waals surface area contributed by atoms with Gasteiger partial charge in [-0.1, -0.05) is 24.3 Å². The number of thiophene rings is 1. The van der Waals surface area contributed by atoms with E-state index in [0.29, 0.717) is 12.6 Å². The Labute approximate surface area is 132 Å². The summed E-state index contributed by atoms with van der Waals surface area (Å²) in [6.07, 6.45) is 2.25. The van der Waals surface area contributed by atoms with Crippen LogP contribution in [0.4, 0.5) is 0 Å². The maximum Gasteiger partial charge on any atom is 0.0564 e. The summed E-state index contributed by atoms with van der Waals surface area (Å²) in [5, 5.41) is 2.14. The standard InChI is InChI=1S/C16H19BrN2S/c17-14-9-16(20-11-14)15(10-18)19-7-5-12-3-1-2-4-13(12)6-8-19/h1-4,9,11,15H,5-8,10,18H2. The van der Waals surface area contributed by atoms with Crippen molar-refractivity contribution in [2.75, 3.05) is 19.6 Å². The highest BCUT2D eigenvalue weighted by molar-refractivity contribution is 9.10. The average molecular weight is 351 g/mol. The van der Waals surface area contributed by atoms with E-state index in [1.807, 2.05) is 0 Å². The second kappa shape index (κ2) is 6.39. The van der Waals surface area contributed by atoms with Crippen LogP contribution in [0.15, 0.2) is 40.2 Å². The van der Waals surface area contributed by atoms with Crippen LogP contribution in [0.1, 0.15) is 22.0 Å². The quantitative estimate of drug-likeness (QED) is 0.915. The number of nitrogens with zero attached hydrogens (tertiary/aromatic N) is 1. The van der Waals surface area contributed by atoms with Crippen LogP contribution >= 0.6 is 27.3 Å². The smallest absolute Gasteiger partial charge is 0.0564 e. The van der Waals surface area contributed by atoms with Crippen LogP contribution in [-0.2, 0) is 12.8 Å². The second-order valence-corrected chi connectivity index (χ2v) is 7.08. The van der Waals surface area contributed by atoms with Gasteiger partial charge in [-0.05, 0) is 46.0 Å². The molecule has 1 aliphatic heterocycles. The molecule has 1 aliphatic rings. The minimum Gasteiger partial charge on any atom is -0.329 e. The molecule has 0 amide bonds. The molecule has 1 aromatic carbocycles. The first-order valence-electron chi connectivity index (χ1n) is 7.03. The number of rotatable bonds is 3. The minimum absolute atomic E-state index is 0.348. The van der Waals surface area contributed by atoms with Crippen molar-refractivity contribution >= 4 is 27.3 Å². The number of nitrogens with two attached hydrogens (primary N) is 1. The fourth-order valence-corrected chi connectivity index (χ4v) is 4.54. The predicted octanol–water partition coefficient (Wildman–Crippen LogP) is 3.61. The van der Waals surface area contributed by atoms with Gasteiger partial charge in [0.1, 0.15) is 0 Å². The Morgan fingerprint density at radius 2 is 1.85 bits per heavy atom. The van der Waals surface area contributed by atoms with Crippen LogP contribution < -0.4 is 5.73 Å². The molecule has 0 fully saturated rings. The predicted molar refractivity (Wildman–Crippen MR) is 89.2 cm³/mol. The molecule has 4 heteroatoms. The van der Waals surface area contributed by atoms with Crippen molar-refractivity contribution in [1.82, 2.24) is 4.90 Å². The molecule has 0 radical (unpaired) electrons. The summed E-state index contributed by atoms with van der Waals surface area (Å²) < 4.78 is 1.16. The Morgan fingerprint density at radius 1 is 1.20 bits per heavy atom. The Bertz CT molecular complexity index is 554. The minimum atomic E-state index is 0.348. The van der Waals surface area contributed by atoms with E-state index < -0.39 is 0 Å². The highest BCUT2D eigenvalue weighted by Crippen LogP contribution is 2.30. The van der Waals surface area contributed by atoms with E-state index in [2.05, 4.69) is 56.5 Å². The molecule has 1 atom stereocenters. The van der Waals surface area contributed by atoms with Gasteiger partial charge in [0.25, 0.3) is 0 Å². The van der Waals surface area contributed by atoms with Crippen molar-refractivity contribution in [1.29, 1.82) is 0 Å². The van der Waals surface area contributed by atoms with Gasteiger partial charge in [0.15, 0.2) is 0 Å². The molecule has 0 saturated carbocycles. The van der Waals surface area contributed by atoms with Crippen LogP contribution in [0.25, 0.3) is 0 Å². The highest BCUT2D eigenvalue weighted by Gasteiger charge is 2.23. The van der Waals surface area contributed by atoms with Crippen LogP contribution in [-0.4, -0.2) is 24.5 Å². The number of fused-ring (bicyclic) bond motifs is 1. The number of halogens is 1. The Hall–Kier alpha value is -0.680. The lowest BCUT2D eigenvalue weighted by atomic mass is 10.0. The zero-order chi connectivity index (χ0) is 13.9. The Balaban J connectivity index is 1.78. The molecule has 0 aliphatic carbocycles. The van der Waals surface area contributed by atoms with Gasteiger partial charge in [-0.25, -0.2) is 0 Å². The van der Waals surface area contributed by atoms with Gasteiger partial charge in [0.05, 0.1) is 6.04 Å². The van der Waals surface area contributed by atoms with Gasteiger partial charge in [-0.2, -0.15) is 0 Å². The lowest BCUT2D eigenvalue weighted by molar-refractivity contribution is 0.214. The third-order valence-electron chi connectivity index (χ3n) is 4.04. The first-order valence-corrected chi connectivity index (χ1v) is 8.70. The first kappa shape index (κ1) is 14.3. The second-order valence-electron chi connectivity index (χ2n) is 5.22. The van der Waals surface area contributed by atoms with Gasteiger partial charge in [-0.3, -0.25) is 4.90 Å². The first-order chi connectivity index (χ1) is 9.78. The van der Waals surface area contributed by atoms with E-state index in [4.69, 9.17) is 5.73 Å². The van der Waals surface area contributed by atoms with Gasteiger partial charge >= 0.3 is 0 Å². The number of hydrogen-bond acceptors (Lipinski definition) is 3. The Kier molecular flexibility index (Phi) is 4.56. The normalized spacial score (nSPS) is 17.5. The lowest BCUT2D eigenvalue weighted by Gasteiger charge is -2.28. The molecule has 2 heterocycles. The van der Waals surface area contributed by atoms with Gasteiger partial charge in [0.2, 0.25) is 0 Å². The summed E-state index contributed by atoms with van der Waals surface area (Å²) in [7, 11) is 0. The van der Waals surface area contributed by atoms with Gasteiger partial charge < -0.3 is 5.73 Å². The molecule has 0 saturated heterocycles. The fourth-order valence-electron chi connectivity index (χ4n) is 2.95. The van der Waals surface area contributed by atoms with Crippen molar-refractivity contribution in [3.05, 3.63) is 56.2 Å². The number of hydrogen-bond donors (Lipinski definition) is 1. The van der Waals surface area contributed by atoms with Gasteiger partial charge in [-0.15, -0.1) is 11.3 Å². The zero-order valence-electron chi connectivity index (χ0n) is 11.4. The molecule has 2 aromatic rings.